The van der Waals surface area contributed by atoms with E-state index in [9.17, 15) is 0 Å². The van der Waals surface area contributed by atoms with Gasteiger partial charge in [-0.25, -0.2) is 4.98 Å². The molecular formula is C11H16ClN5. The second-order valence-corrected chi connectivity index (χ2v) is 4.30. The minimum atomic E-state index is 0.237. The summed E-state index contributed by atoms with van der Waals surface area (Å²) in [6.07, 6.45) is 2.66. The molecule has 0 fully saturated rings. The summed E-state index contributed by atoms with van der Waals surface area (Å²) in [4.78, 5) is 17.8. The van der Waals surface area contributed by atoms with Crippen molar-refractivity contribution in [3.05, 3.63) is 11.6 Å². The monoisotopic (exact) mass is 253 g/mol. The Kier molecular flexibility index (Phi) is 3.47. The Labute approximate surface area is 105 Å². The van der Waals surface area contributed by atoms with Crippen LogP contribution in [0.3, 0.4) is 0 Å². The third-order valence-electron chi connectivity index (χ3n) is 2.97. The lowest BCUT2D eigenvalue weighted by Crippen LogP contribution is -2.33. The molecule has 2 heterocycles. The molecule has 0 radical (unpaired) electrons. The van der Waals surface area contributed by atoms with Gasteiger partial charge in [-0.05, 0) is 31.9 Å². The Hall–Kier alpha value is -1.36. The molecule has 0 aliphatic rings. The lowest BCUT2D eigenvalue weighted by molar-refractivity contribution is 0.624. The minimum Gasteiger partial charge on any atom is -0.352 e. The first-order valence-corrected chi connectivity index (χ1v) is 6.18. The van der Waals surface area contributed by atoms with Gasteiger partial charge in [0.1, 0.15) is 5.52 Å². The van der Waals surface area contributed by atoms with E-state index in [4.69, 9.17) is 11.6 Å². The van der Waals surface area contributed by atoms with E-state index in [0.29, 0.717) is 11.7 Å². The van der Waals surface area contributed by atoms with Gasteiger partial charge in [-0.2, -0.15) is 9.97 Å². The predicted molar refractivity (Wildman–Crippen MR) is 69.5 cm³/mol. The zero-order valence-electron chi connectivity index (χ0n) is 10.2. The maximum Gasteiger partial charge on any atom is 0.226 e. The number of hydrogen-bond acceptors (Lipinski definition) is 4. The fourth-order valence-corrected chi connectivity index (χ4v) is 2.05. The van der Waals surface area contributed by atoms with Crippen LogP contribution in [0.1, 0.15) is 27.2 Å². The van der Waals surface area contributed by atoms with Gasteiger partial charge in [0.2, 0.25) is 5.28 Å². The Morgan fingerprint density at radius 3 is 2.82 bits per heavy atom. The molecule has 0 saturated heterocycles. The summed E-state index contributed by atoms with van der Waals surface area (Å²) in [6.45, 7) is 7.29. The molecule has 92 valence electrons. The lowest BCUT2D eigenvalue weighted by atomic mass is 10.2. The van der Waals surface area contributed by atoms with E-state index in [1.807, 2.05) is 0 Å². The first kappa shape index (κ1) is 12.1. The molecule has 0 amide bonds. The molecule has 5 nitrogen and oxygen atoms in total. The van der Waals surface area contributed by atoms with Crippen molar-refractivity contribution < 1.29 is 0 Å². The van der Waals surface area contributed by atoms with Gasteiger partial charge in [0.15, 0.2) is 11.5 Å². The molecule has 1 N–H and O–H groups in total. The average molecular weight is 254 g/mol. The number of H-pyrrole nitrogens is 1. The zero-order chi connectivity index (χ0) is 12.4. The van der Waals surface area contributed by atoms with E-state index >= 15 is 0 Å². The Bertz CT molecular complexity index is 510. The maximum atomic E-state index is 5.93. The lowest BCUT2D eigenvalue weighted by Gasteiger charge is -2.28. The normalized spacial score (nSPS) is 12.9. The molecule has 2 aromatic rings. The molecule has 0 bridgehead atoms. The van der Waals surface area contributed by atoms with Gasteiger partial charge in [0.25, 0.3) is 0 Å². The van der Waals surface area contributed by atoms with Crippen molar-refractivity contribution in [2.24, 2.45) is 0 Å². The summed E-state index contributed by atoms with van der Waals surface area (Å²) < 4.78 is 0. The highest BCUT2D eigenvalue weighted by Crippen LogP contribution is 2.24. The number of aromatic amines is 1. The van der Waals surface area contributed by atoms with Crippen LogP contribution >= 0.6 is 11.6 Å². The minimum absolute atomic E-state index is 0.237. The summed E-state index contributed by atoms with van der Waals surface area (Å²) in [5.74, 6) is 0.828. The van der Waals surface area contributed by atoms with Crippen LogP contribution in [0.25, 0.3) is 11.2 Å². The van der Waals surface area contributed by atoms with Crippen molar-refractivity contribution >= 4 is 28.6 Å². The van der Waals surface area contributed by atoms with Crippen LogP contribution < -0.4 is 4.90 Å². The number of rotatable bonds is 4. The van der Waals surface area contributed by atoms with Gasteiger partial charge in [-0.1, -0.05) is 6.92 Å². The number of aromatic nitrogens is 4. The van der Waals surface area contributed by atoms with Gasteiger partial charge in [-0.15, -0.1) is 0 Å². The van der Waals surface area contributed by atoms with Gasteiger partial charge in [-0.3, -0.25) is 0 Å². The van der Waals surface area contributed by atoms with Crippen LogP contribution in [-0.4, -0.2) is 32.5 Å². The third-order valence-corrected chi connectivity index (χ3v) is 3.14. The summed E-state index contributed by atoms with van der Waals surface area (Å²) >= 11 is 5.93. The zero-order valence-corrected chi connectivity index (χ0v) is 11.0. The smallest absolute Gasteiger partial charge is 0.226 e. The van der Waals surface area contributed by atoms with Crippen molar-refractivity contribution in [2.45, 2.75) is 33.2 Å². The Morgan fingerprint density at radius 2 is 2.18 bits per heavy atom. The predicted octanol–water partition coefficient (Wildman–Crippen LogP) is 2.63. The topological polar surface area (TPSA) is 57.7 Å². The molecule has 1 atom stereocenters. The van der Waals surface area contributed by atoms with Crippen LogP contribution in [-0.2, 0) is 0 Å². The van der Waals surface area contributed by atoms with Crippen molar-refractivity contribution in [1.82, 2.24) is 19.9 Å². The largest absolute Gasteiger partial charge is 0.352 e. The summed E-state index contributed by atoms with van der Waals surface area (Å²) in [6, 6.07) is 0.400. The number of nitrogens with one attached hydrogen (secondary N) is 1. The fourth-order valence-electron chi connectivity index (χ4n) is 1.89. The van der Waals surface area contributed by atoms with Crippen molar-refractivity contribution in [3.8, 4) is 0 Å². The molecule has 2 aromatic heterocycles. The SMILES string of the molecule is CCC(C)N(CC)c1nc(Cl)nc2nc[nH]c12. The van der Waals surface area contributed by atoms with Crippen LogP contribution in [0.4, 0.5) is 5.82 Å². The van der Waals surface area contributed by atoms with Crippen molar-refractivity contribution in [2.75, 3.05) is 11.4 Å². The average Bonchev–Trinajstić information content (AvgIpc) is 2.77. The Morgan fingerprint density at radius 1 is 1.41 bits per heavy atom. The first-order chi connectivity index (χ1) is 8.17. The number of imidazole rings is 1. The van der Waals surface area contributed by atoms with Gasteiger partial charge in [0, 0.05) is 12.6 Å². The molecular weight excluding hydrogens is 238 g/mol. The van der Waals surface area contributed by atoms with Gasteiger partial charge in [0.05, 0.1) is 6.33 Å². The van der Waals surface area contributed by atoms with Crippen LogP contribution in [0.15, 0.2) is 6.33 Å². The summed E-state index contributed by atoms with van der Waals surface area (Å²) in [5, 5.41) is 0.237. The van der Waals surface area contributed by atoms with E-state index in [1.54, 1.807) is 6.33 Å². The van der Waals surface area contributed by atoms with Crippen LogP contribution in [0, 0.1) is 0 Å². The van der Waals surface area contributed by atoms with Gasteiger partial charge >= 0.3 is 0 Å². The molecule has 1 unspecified atom stereocenters. The molecule has 2 rings (SSSR count). The van der Waals surface area contributed by atoms with Crippen LogP contribution in [0.5, 0.6) is 0 Å². The molecule has 0 spiro atoms. The second kappa shape index (κ2) is 4.87. The Balaban J connectivity index is 2.55. The number of anilines is 1. The van der Waals surface area contributed by atoms with Crippen LogP contribution in [0.2, 0.25) is 5.28 Å². The maximum absolute atomic E-state index is 5.93. The van der Waals surface area contributed by atoms with Crippen molar-refractivity contribution in [1.29, 1.82) is 0 Å². The number of halogens is 1. The van der Waals surface area contributed by atoms with E-state index in [1.165, 1.54) is 0 Å². The number of fused-ring (bicyclic) bond motifs is 1. The van der Waals surface area contributed by atoms with Crippen molar-refractivity contribution in [3.63, 3.8) is 0 Å². The van der Waals surface area contributed by atoms with E-state index in [0.717, 1.165) is 24.3 Å². The molecule has 0 aromatic carbocycles. The highest BCUT2D eigenvalue weighted by Gasteiger charge is 2.18. The second-order valence-electron chi connectivity index (χ2n) is 3.96. The highest BCUT2D eigenvalue weighted by molar-refractivity contribution is 6.28. The molecule has 0 aliphatic heterocycles. The first-order valence-electron chi connectivity index (χ1n) is 5.80. The molecule has 0 aliphatic carbocycles. The fraction of sp³-hybridized carbons (Fsp3) is 0.545. The summed E-state index contributed by atoms with van der Waals surface area (Å²) in [7, 11) is 0. The standard InChI is InChI=1S/C11H16ClN5/c1-4-7(3)17(5-2)10-8-9(14-6-13-8)15-11(12)16-10/h6-7H,4-5H2,1-3H3,(H,13,14,15,16). The molecule has 0 saturated carbocycles. The van der Waals surface area contributed by atoms with E-state index in [-0.39, 0.29) is 5.28 Å². The third kappa shape index (κ3) is 2.20. The van der Waals surface area contributed by atoms with Gasteiger partial charge < -0.3 is 9.88 Å². The van der Waals surface area contributed by atoms with E-state index < -0.39 is 0 Å². The summed E-state index contributed by atoms with van der Waals surface area (Å²) in [5.41, 5.74) is 1.46. The molecule has 17 heavy (non-hydrogen) atoms. The number of nitrogens with zero attached hydrogens (tertiary/aromatic N) is 4. The number of hydrogen-bond donors (Lipinski definition) is 1. The quantitative estimate of drug-likeness (QED) is 0.851. The molecule has 6 heteroatoms. The highest BCUT2D eigenvalue weighted by atomic mass is 35.5. The van der Waals surface area contributed by atoms with E-state index in [2.05, 4.69) is 45.6 Å².